The van der Waals surface area contributed by atoms with Gasteiger partial charge in [-0.2, -0.15) is 0 Å². The number of fused-ring (bicyclic) bond motifs is 2. The Hall–Kier alpha value is -2.32. The second-order valence-electron chi connectivity index (χ2n) is 9.52. The number of amidine groups is 1. The van der Waals surface area contributed by atoms with Crippen LogP contribution in [0.1, 0.15) is 31.2 Å². The summed E-state index contributed by atoms with van der Waals surface area (Å²) >= 11 is 3.22. The molecule has 3 aliphatic heterocycles. The molecule has 4 rings (SSSR count). The van der Waals surface area contributed by atoms with E-state index in [1.807, 2.05) is 25.1 Å². The number of piperidine rings is 2. The number of likely N-dealkylation sites (tertiary alicyclic amines) is 2. The fourth-order valence-corrected chi connectivity index (χ4v) is 5.74. The van der Waals surface area contributed by atoms with Crippen LogP contribution in [0.5, 0.6) is 0 Å². The predicted molar refractivity (Wildman–Crippen MR) is 139 cm³/mol. The van der Waals surface area contributed by atoms with Crippen LogP contribution in [0.25, 0.3) is 0 Å². The van der Waals surface area contributed by atoms with Crippen LogP contribution in [0.15, 0.2) is 52.7 Å². The Kier molecular flexibility index (Phi) is 7.14. The molecule has 7 nitrogen and oxygen atoms in total. The van der Waals surface area contributed by atoms with Crippen molar-refractivity contribution in [3.8, 4) is 0 Å². The van der Waals surface area contributed by atoms with Gasteiger partial charge in [-0.25, -0.2) is 9.79 Å². The zero-order valence-electron chi connectivity index (χ0n) is 19.7. The van der Waals surface area contributed by atoms with Crippen LogP contribution >= 0.6 is 15.9 Å². The normalized spacial score (nSPS) is 21.9. The minimum atomic E-state index is 0.0735. The molecule has 178 valence electrons. The van der Waals surface area contributed by atoms with E-state index in [0.29, 0.717) is 10.6 Å². The molecule has 0 radical (unpaired) electrons. The Morgan fingerprint density at radius 1 is 1.21 bits per heavy atom. The Bertz CT molecular complexity index is 938. The van der Waals surface area contributed by atoms with Gasteiger partial charge in [-0.3, -0.25) is 4.90 Å². The van der Waals surface area contributed by atoms with Crippen LogP contribution in [0, 0.1) is 0 Å². The lowest BCUT2D eigenvalue weighted by Crippen LogP contribution is -2.52. The molecule has 2 fully saturated rings. The summed E-state index contributed by atoms with van der Waals surface area (Å²) in [6, 6.07) is 9.16. The molecule has 2 N–H and O–H groups in total. The summed E-state index contributed by atoms with van der Waals surface area (Å²) in [5, 5.41) is 0. The number of halogens is 1. The lowest BCUT2D eigenvalue weighted by atomic mass is 9.74. The highest BCUT2D eigenvalue weighted by atomic mass is 79.9. The summed E-state index contributed by atoms with van der Waals surface area (Å²) in [6.45, 7) is 8.80. The maximum atomic E-state index is 12.8. The number of urea groups is 1. The van der Waals surface area contributed by atoms with Crippen LogP contribution in [0.2, 0.25) is 0 Å². The third-order valence-electron chi connectivity index (χ3n) is 7.40. The van der Waals surface area contributed by atoms with Crippen LogP contribution in [-0.4, -0.2) is 79.4 Å². The Balaban J connectivity index is 1.39. The quantitative estimate of drug-likeness (QED) is 0.379. The van der Waals surface area contributed by atoms with Gasteiger partial charge in [-0.05, 0) is 72.4 Å². The molecule has 0 unspecified atom stereocenters. The van der Waals surface area contributed by atoms with Gasteiger partial charge < -0.3 is 20.4 Å². The number of amides is 2. The molecule has 3 heterocycles. The zero-order valence-corrected chi connectivity index (χ0v) is 21.3. The average molecular weight is 516 g/mol. The highest BCUT2D eigenvalue weighted by molar-refractivity contribution is 9.11. The van der Waals surface area contributed by atoms with Gasteiger partial charge >= 0.3 is 6.03 Å². The minimum absolute atomic E-state index is 0.0735. The van der Waals surface area contributed by atoms with Crippen molar-refractivity contribution in [2.45, 2.75) is 37.1 Å². The Morgan fingerprint density at radius 3 is 2.48 bits per heavy atom. The van der Waals surface area contributed by atoms with Crippen molar-refractivity contribution in [1.82, 2.24) is 14.7 Å². The first-order valence-corrected chi connectivity index (χ1v) is 12.5. The number of carbonyl (C=O) groups is 1. The van der Waals surface area contributed by atoms with Crippen LogP contribution in [0.4, 0.5) is 10.5 Å². The summed E-state index contributed by atoms with van der Waals surface area (Å²) in [4.78, 5) is 25.9. The number of benzene rings is 1. The van der Waals surface area contributed by atoms with Gasteiger partial charge in [0, 0.05) is 50.9 Å². The average Bonchev–Trinajstić information content (AvgIpc) is 3.14. The van der Waals surface area contributed by atoms with Crippen LogP contribution in [0.3, 0.4) is 0 Å². The molecule has 0 saturated carbocycles. The summed E-state index contributed by atoms with van der Waals surface area (Å²) < 4.78 is 0.512. The number of hydrogen-bond acceptors (Lipinski definition) is 4. The second-order valence-corrected chi connectivity index (χ2v) is 10.4. The molecule has 2 saturated heterocycles. The van der Waals surface area contributed by atoms with E-state index in [1.165, 1.54) is 5.56 Å². The van der Waals surface area contributed by atoms with E-state index in [1.54, 1.807) is 17.2 Å². The lowest BCUT2D eigenvalue weighted by Gasteiger charge is -2.45. The number of nitrogens with zero attached hydrogens (tertiary/aromatic N) is 5. The molecule has 3 aliphatic rings. The number of nitrogens with two attached hydrogens (primary N) is 1. The van der Waals surface area contributed by atoms with Crippen molar-refractivity contribution in [2.75, 3.05) is 51.7 Å². The van der Waals surface area contributed by atoms with Gasteiger partial charge in [0.2, 0.25) is 0 Å². The van der Waals surface area contributed by atoms with E-state index >= 15 is 0 Å². The summed E-state index contributed by atoms with van der Waals surface area (Å²) in [5.74, 6) is 0.877. The fourth-order valence-electron chi connectivity index (χ4n) is 5.64. The second kappa shape index (κ2) is 9.89. The van der Waals surface area contributed by atoms with Crippen LogP contribution in [-0.2, 0) is 5.41 Å². The number of hydrogen-bond donors (Lipinski definition) is 1. The first-order valence-electron chi connectivity index (χ1n) is 11.7. The topological polar surface area (TPSA) is 68.4 Å². The largest absolute Gasteiger partial charge is 0.392 e. The number of anilines is 1. The highest BCUT2D eigenvalue weighted by Crippen LogP contribution is 2.47. The van der Waals surface area contributed by atoms with E-state index < -0.39 is 0 Å². The number of carbonyl (C=O) groups excluding carboxylic acids is 1. The van der Waals surface area contributed by atoms with Gasteiger partial charge in [-0.1, -0.05) is 24.8 Å². The molecule has 2 amide bonds. The van der Waals surface area contributed by atoms with Gasteiger partial charge in [0.1, 0.15) is 5.84 Å². The smallest absolute Gasteiger partial charge is 0.323 e. The molecule has 1 spiro atoms. The fraction of sp³-hybridized carbons (Fsp3) is 0.520. The maximum Gasteiger partial charge on any atom is 0.323 e. The van der Waals surface area contributed by atoms with Crippen molar-refractivity contribution in [2.24, 2.45) is 10.7 Å². The van der Waals surface area contributed by atoms with E-state index in [9.17, 15) is 4.79 Å². The first-order chi connectivity index (χ1) is 15.8. The molecule has 1 aromatic rings. The highest BCUT2D eigenvalue weighted by Gasteiger charge is 2.47. The predicted octanol–water partition coefficient (Wildman–Crippen LogP) is 3.72. The molecule has 0 bridgehead atoms. The van der Waals surface area contributed by atoms with Crippen molar-refractivity contribution < 1.29 is 4.79 Å². The van der Waals surface area contributed by atoms with Gasteiger partial charge in [0.15, 0.2) is 0 Å². The summed E-state index contributed by atoms with van der Waals surface area (Å²) in [6.07, 6.45) is 7.85. The number of aliphatic imine (C=N–C) groups is 1. The van der Waals surface area contributed by atoms with Gasteiger partial charge in [-0.15, -0.1) is 0 Å². The third-order valence-corrected chi connectivity index (χ3v) is 7.61. The third kappa shape index (κ3) is 4.82. The van der Waals surface area contributed by atoms with Gasteiger partial charge in [0.25, 0.3) is 0 Å². The van der Waals surface area contributed by atoms with Gasteiger partial charge in [0.05, 0.1) is 10.8 Å². The maximum absolute atomic E-state index is 12.8. The number of para-hydroxylation sites is 1. The Morgan fingerprint density at radius 2 is 1.88 bits per heavy atom. The molecule has 33 heavy (non-hydrogen) atoms. The standard InChI is InChI=1S/C25H35BrN6O/c1-4-23(28-17-22(26)27)31-13-9-19(10-14-31)30-15-11-25(12-16-30)18-32(24(33)29(2)3)21-8-6-5-7-20(21)25/h4-8,17,19H,1,9-16,18,27H2,2-3H3/b22-17-,28-23+. The molecule has 0 aliphatic carbocycles. The summed E-state index contributed by atoms with van der Waals surface area (Å²) in [5.41, 5.74) is 8.16. The molecule has 8 heteroatoms. The van der Waals surface area contributed by atoms with Crippen molar-refractivity contribution in [1.29, 1.82) is 0 Å². The minimum Gasteiger partial charge on any atom is -0.392 e. The SMILES string of the molecule is C=C/C(=N\C=C(/N)Br)N1CCC(N2CCC3(CC2)CN(C(=O)N(C)C)c2ccccc23)CC1. The first kappa shape index (κ1) is 23.8. The van der Waals surface area contributed by atoms with E-state index in [4.69, 9.17) is 5.73 Å². The molecular weight excluding hydrogens is 480 g/mol. The van der Waals surface area contributed by atoms with E-state index in [2.05, 4.69) is 55.5 Å². The monoisotopic (exact) mass is 514 g/mol. The zero-order chi connectivity index (χ0) is 23.6. The molecule has 0 aromatic heterocycles. The van der Waals surface area contributed by atoms with Crippen molar-refractivity contribution >= 4 is 33.5 Å². The molecule has 0 atom stereocenters. The number of rotatable bonds is 3. The molecular formula is C25H35BrN6O. The molecule has 1 aromatic carbocycles. The lowest BCUT2D eigenvalue weighted by molar-refractivity contribution is 0.0866. The van der Waals surface area contributed by atoms with Crippen molar-refractivity contribution in [3.05, 3.63) is 53.3 Å². The summed E-state index contributed by atoms with van der Waals surface area (Å²) in [7, 11) is 3.66. The van der Waals surface area contributed by atoms with E-state index in [-0.39, 0.29) is 11.4 Å². The van der Waals surface area contributed by atoms with Crippen LogP contribution < -0.4 is 10.6 Å². The Labute approximate surface area is 205 Å². The van der Waals surface area contributed by atoms with E-state index in [0.717, 1.165) is 69.9 Å². The van der Waals surface area contributed by atoms with Crippen molar-refractivity contribution in [3.63, 3.8) is 0 Å².